The highest BCUT2D eigenvalue weighted by molar-refractivity contribution is 7.99. The fourth-order valence-electron chi connectivity index (χ4n) is 2.14. The number of nitrogens with one attached hydrogen (secondary N) is 1. The number of hydrogen-bond donors (Lipinski definition) is 1. The molecule has 1 N–H and O–H groups in total. The number of rotatable bonds is 6. The molecule has 2 heterocycles. The molecule has 138 valence electrons. The second kappa shape index (κ2) is 8.79. The summed E-state index contributed by atoms with van der Waals surface area (Å²) in [5.74, 6) is -1.01. The number of ether oxygens (including phenoxy) is 1. The number of hydrogen-bond acceptors (Lipinski definition) is 7. The Labute approximate surface area is 164 Å². The average molecular weight is 403 g/mol. The molecule has 0 aliphatic carbocycles. The number of thioether (sulfide) groups is 1. The van der Waals surface area contributed by atoms with Crippen molar-refractivity contribution in [2.75, 3.05) is 11.1 Å². The van der Waals surface area contributed by atoms with E-state index in [0.29, 0.717) is 10.7 Å². The predicted molar refractivity (Wildman–Crippen MR) is 104 cm³/mol. The van der Waals surface area contributed by atoms with Crippen LogP contribution in [-0.2, 0) is 14.3 Å². The van der Waals surface area contributed by atoms with Gasteiger partial charge >= 0.3 is 5.97 Å². The lowest BCUT2D eigenvalue weighted by atomic mass is 10.3. The normalized spacial score (nSPS) is 11.8. The highest BCUT2D eigenvalue weighted by atomic mass is 35.5. The van der Waals surface area contributed by atoms with E-state index in [-0.39, 0.29) is 10.9 Å². The number of pyridine rings is 1. The predicted octanol–water partition coefficient (Wildman–Crippen LogP) is 3.34. The standard InChI is InChI=1S/C18H15ClN4O3S/c1-11(18(25)23-14-7-4-8-20-17(14)19)26-16(24)10-27-15-9-21-12-5-2-3-6-13(12)22-15/h2-9,11H,10H2,1H3,(H,23,25). The summed E-state index contributed by atoms with van der Waals surface area (Å²) in [7, 11) is 0. The summed E-state index contributed by atoms with van der Waals surface area (Å²) in [6, 6.07) is 10.7. The van der Waals surface area contributed by atoms with Gasteiger partial charge in [0.2, 0.25) is 0 Å². The van der Waals surface area contributed by atoms with Crippen LogP contribution in [0.2, 0.25) is 5.15 Å². The Morgan fingerprint density at radius 3 is 2.74 bits per heavy atom. The molecule has 9 heteroatoms. The van der Waals surface area contributed by atoms with Crippen molar-refractivity contribution in [3.8, 4) is 0 Å². The molecule has 3 rings (SSSR count). The fraction of sp³-hybridized carbons (Fsp3) is 0.167. The number of fused-ring (bicyclic) bond motifs is 1. The highest BCUT2D eigenvalue weighted by Gasteiger charge is 2.19. The molecule has 1 unspecified atom stereocenters. The maximum absolute atomic E-state index is 12.1. The lowest BCUT2D eigenvalue weighted by molar-refractivity contribution is -0.150. The van der Waals surface area contributed by atoms with Gasteiger partial charge in [-0.1, -0.05) is 35.5 Å². The second-order valence-corrected chi connectivity index (χ2v) is 6.80. The smallest absolute Gasteiger partial charge is 0.317 e. The molecule has 7 nitrogen and oxygen atoms in total. The van der Waals surface area contributed by atoms with Gasteiger partial charge in [0.25, 0.3) is 5.91 Å². The molecule has 0 bridgehead atoms. The summed E-state index contributed by atoms with van der Waals surface area (Å²) in [6.45, 7) is 1.48. The van der Waals surface area contributed by atoms with E-state index >= 15 is 0 Å². The van der Waals surface area contributed by atoms with E-state index in [1.165, 1.54) is 24.9 Å². The minimum absolute atomic E-state index is 0.0122. The lowest BCUT2D eigenvalue weighted by Gasteiger charge is -2.13. The van der Waals surface area contributed by atoms with Gasteiger partial charge in [0, 0.05) is 6.20 Å². The first kappa shape index (κ1) is 19.1. The largest absolute Gasteiger partial charge is 0.452 e. The molecule has 1 atom stereocenters. The number of carbonyl (C=O) groups is 2. The Bertz CT molecular complexity index is 985. The maximum atomic E-state index is 12.1. The third-order valence-electron chi connectivity index (χ3n) is 3.46. The van der Waals surface area contributed by atoms with Crippen molar-refractivity contribution in [1.82, 2.24) is 15.0 Å². The van der Waals surface area contributed by atoms with Crippen LogP contribution in [0, 0.1) is 0 Å². The summed E-state index contributed by atoms with van der Waals surface area (Å²) < 4.78 is 5.15. The highest BCUT2D eigenvalue weighted by Crippen LogP contribution is 2.19. The Balaban J connectivity index is 1.52. The Morgan fingerprint density at radius 1 is 1.19 bits per heavy atom. The third-order valence-corrected chi connectivity index (χ3v) is 4.63. The molecule has 0 saturated heterocycles. The van der Waals surface area contributed by atoms with Crippen LogP contribution in [0.15, 0.2) is 53.8 Å². The minimum Gasteiger partial charge on any atom is -0.452 e. The zero-order valence-electron chi connectivity index (χ0n) is 14.3. The number of amides is 1. The van der Waals surface area contributed by atoms with Crippen molar-refractivity contribution >= 4 is 52.0 Å². The topological polar surface area (TPSA) is 94.1 Å². The van der Waals surface area contributed by atoms with Gasteiger partial charge in [0.15, 0.2) is 11.3 Å². The Hall–Kier alpha value is -2.71. The maximum Gasteiger partial charge on any atom is 0.317 e. The molecule has 2 aromatic heterocycles. The van der Waals surface area contributed by atoms with Crippen molar-refractivity contribution in [1.29, 1.82) is 0 Å². The zero-order chi connectivity index (χ0) is 19.2. The molecule has 3 aromatic rings. The van der Waals surface area contributed by atoms with Crippen molar-refractivity contribution in [2.45, 2.75) is 18.1 Å². The number of esters is 1. The summed E-state index contributed by atoms with van der Waals surface area (Å²) in [4.78, 5) is 36.7. The molecule has 27 heavy (non-hydrogen) atoms. The summed E-state index contributed by atoms with van der Waals surface area (Å²) in [5.41, 5.74) is 1.88. The van der Waals surface area contributed by atoms with Gasteiger partial charge in [-0.2, -0.15) is 0 Å². The van der Waals surface area contributed by atoms with E-state index in [4.69, 9.17) is 16.3 Å². The Kier molecular flexibility index (Phi) is 6.20. The van der Waals surface area contributed by atoms with Crippen LogP contribution >= 0.6 is 23.4 Å². The third kappa shape index (κ3) is 5.15. The molecule has 0 radical (unpaired) electrons. The number of benzene rings is 1. The first-order valence-electron chi connectivity index (χ1n) is 7.98. The molecule has 0 fully saturated rings. The molecular weight excluding hydrogens is 388 g/mol. The number of para-hydroxylation sites is 2. The van der Waals surface area contributed by atoms with Gasteiger partial charge in [-0.25, -0.2) is 9.97 Å². The second-order valence-electron chi connectivity index (χ2n) is 5.45. The first-order valence-corrected chi connectivity index (χ1v) is 9.35. The van der Waals surface area contributed by atoms with Crippen LogP contribution in [-0.4, -0.2) is 38.7 Å². The number of nitrogens with zero attached hydrogens (tertiary/aromatic N) is 3. The summed E-state index contributed by atoms with van der Waals surface area (Å²) in [6.07, 6.45) is 2.13. The van der Waals surface area contributed by atoms with Crippen LogP contribution in [0.25, 0.3) is 11.0 Å². The molecule has 0 aliphatic heterocycles. The molecule has 0 saturated carbocycles. The zero-order valence-corrected chi connectivity index (χ0v) is 15.8. The van der Waals surface area contributed by atoms with Crippen LogP contribution in [0.1, 0.15) is 6.92 Å². The van der Waals surface area contributed by atoms with Crippen LogP contribution in [0.5, 0.6) is 0 Å². The number of aromatic nitrogens is 3. The van der Waals surface area contributed by atoms with E-state index in [2.05, 4.69) is 20.3 Å². The molecular formula is C18H15ClN4O3S. The monoisotopic (exact) mass is 402 g/mol. The van der Waals surface area contributed by atoms with Gasteiger partial charge in [0.05, 0.1) is 28.7 Å². The fourth-order valence-corrected chi connectivity index (χ4v) is 2.93. The number of carbonyl (C=O) groups excluding carboxylic acids is 2. The SMILES string of the molecule is CC(OC(=O)CSc1cnc2ccccc2n1)C(=O)Nc1cccnc1Cl. The summed E-state index contributed by atoms with van der Waals surface area (Å²) >= 11 is 7.08. The van der Waals surface area contributed by atoms with E-state index < -0.39 is 18.0 Å². The molecule has 0 aliphatic rings. The average Bonchev–Trinajstić information content (AvgIpc) is 2.68. The quantitative estimate of drug-likeness (QED) is 0.384. The van der Waals surface area contributed by atoms with Crippen molar-refractivity contribution < 1.29 is 14.3 Å². The molecule has 0 spiro atoms. The Morgan fingerprint density at radius 2 is 1.96 bits per heavy atom. The minimum atomic E-state index is -0.975. The van der Waals surface area contributed by atoms with Crippen molar-refractivity contribution in [2.24, 2.45) is 0 Å². The van der Waals surface area contributed by atoms with Gasteiger partial charge in [0.1, 0.15) is 5.03 Å². The van der Waals surface area contributed by atoms with Gasteiger partial charge < -0.3 is 10.1 Å². The summed E-state index contributed by atoms with van der Waals surface area (Å²) in [5, 5.41) is 3.33. The van der Waals surface area contributed by atoms with E-state index in [1.807, 2.05) is 24.3 Å². The van der Waals surface area contributed by atoms with Crippen LogP contribution in [0.3, 0.4) is 0 Å². The van der Waals surface area contributed by atoms with Gasteiger partial charge in [-0.3, -0.25) is 14.6 Å². The molecule has 1 aromatic carbocycles. The first-order chi connectivity index (χ1) is 13.0. The van der Waals surface area contributed by atoms with Gasteiger partial charge in [-0.05, 0) is 31.2 Å². The van der Waals surface area contributed by atoms with E-state index in [1.54, 1.807) is 18.3 Å². The van der Waals surface area contributed by atoms with Gasteiger partial charge in [-0.15, -0.1) is 0 Å². The lowest BCUT2D eigenvalue weighted by Crippen LogP contribution is -2.30. The number of anilines is 1. The van der Waals surface area contributed by atoms with Crippen LogP contribution < -0.4 is 5.32 Å². The van der Waals surface area contributed by atoms with E-state index in [9.17, 15) is 9.59 Å². The van der Waals surface area contributed by atoms with E-state index in [0.717, 1.165) is 11.0 Å². The van der Waals surface area contributed by atoms with Crippen molar-refractivity contribution in [3.63, 3.8) is 0 Å². The number of halogens is 1. The van der Waals surface area contributed by atoms with Crippen LogP contribution in [0.4, 0.5) is 5.69 Å². The van der Waals surface area contributed by atoms with Crippen molar-refractivity contribution in [3.05, 3.63) is 53.9 Å². The molecule has 1 amide bonds.